The monoisotopic (exact) mass is 313 g/mol. The van der Waals surface area contributed by atoms with Gasteiger partial charge in [-0.1, -0.05) is 23.7 Å². The lowest BCUT2D eigenvalue weighted by Gasteiger charge is -2.25. The summed E-state index contributed by atoms with van der Waals surface area (Å²) in [7, 11) is 0. The number of phenolic OH excluding ortho intramolecular Hbond substituents is 1. The van der Waals surface area contributed by atoms with Crippen molar-refractivity contribution in [2.45, 2.75) is 19.4 Å². The Hall–Kier alpha value is -2.25. The summed E-state index contributed by atoms with van der Waals surface area (Å²) >= 11 is 6.30. The van der Waals surface area contributed by atoms with Gasteiger partial charge in [-0.3, -0.25) is 0 Å². The molecule has 1 aliphatic rings. The molecular formula is C17H16ClN3O. The average Bonchev–Trinajstić information content (AvgIpc) is 3.30. The van der Waals surface area contributed by atoms with Gasteiger partial charge in [-0.2, -0.15) is 5.26 Å². The number of hydrogen-bond donors (Lipinski definition) is 1. The Morgan fingerprint density at radius 3 is 2.82 bits per heavy atom. The van der Waals surface area contributed by atoms with Crippen molar-refractivity contribution in [2.75, 3.05) is 11.4 Å². The van der Waals surface area contributed by atoms with Crippen LogP contribution in [-0.4, -0.2) is 16.6 Å². The highest BCUT2D eigenvalue weighted by molar-refractivity contribution is 6.33. The second-order valence-electron chi connectivity index (χ2n) is 5.64. The Morgan fingerprint density at radius 2 is 2.18 bits per heavy atom. The molecule has 1 aliphatic carbocycles. The SMILES string of the molecule is N#Cc1cnc(N(Cc2cccc(O)c2)CC2CC2)c(Cl)c1. The molecule has 0 aliphatic heterocycles. The molecule has 0 unspecified atom stereocenters. The number of hydrogen-bond acceptors (Lipinski definition) is 4. The molecule has 4 nitrogen and oxygen atoms in total. The summed E-state index contributed by atoms with van der Waals surface area (Å²) in [6.07, 6.45) is 4.00. The topological polar surface area (TPSA) is 60.2 Å². The number of rotatable bonds is 5. The third kappa shape index (κ3) is 3.49. The second-order valence-corrected chi connectivity index (χ2v) is 6.04. The van der Waals surface area contributed by atoms with Crippen LogP contribution >= 0.6 is 11.6 Å². The van der Waals surface area contributed by atoms with Crippen molar-refractivity contribution in [3.05, 3.63) is 52.7 Å². The predicted molar refractivity (Wildman–Crippen MR) is 85.8 cm³/mol. The first kappa shape index (κ1) is 14.7. The van der Waals surface area contributed by atoms with Gasteiger partial charge in [0.2, 0.25) is 0 Å². The number of halogens is 1. The smallest absolute Gasteiger partial charge is 0.147 e. The molecule has 1 fully saturated rings. The van der Waals surface area contributed by atoms with E-state index in [9.17, 15) is 5.11 Å². The first-order valence-electron chi connectivity index (χ1n) is 7.24. The Kier molecular flexibility index (Phi) is 4.17. The molecule has 5 heteroatoms. The van der Waals surface area contributed by atoms with E-state index in [0.717, 1.165) is 12.1 Å². The molecule has 1 N–H and O–H groups in total. The average molecular weight is 314 g/mol. The van der Waals surface area contributed by atoms with E-state index >= 15 is 0 Å². The fourth-order valence-corrected chi connectivity index (χ4v) is 2.72. The zero-order valence-corrected chi connectivity index (χ0v) is 12.8. The van der Waals surface area contributed by atoms with Crippen LogP contribution in [0.15, 0.2) is 36.5 Å². The van der Waals surface area contributed by atoms with Gasteiger partial charge in [0.1, 0.15) is 17.6 Å². The highest BCUT2D eigenvalue weighted by Gasteiger charge is 2.26. The van der Waals surface area contributed by atoms with E-state index in [1.165, 1.54) is 12.8 Å². The van der Waals surface area contributed by atoms with Crippen molar-refractivity contribution in [1.82, 2.24) is 4.98 Å². The third-order valence-corrected chi connectivity index (χ3v) is 3.99. The van der Waals surface area contributed by atoms with E-state index in [0.29, 0.717) is 28.9 Å². The summed E-state index contributed by atoms with van der Waals surface area (Å²) in [5.41, 5.74) is 1.46. The lowest BCUT2D eigenvalue weighted by atomic mass is 10.2. The van der Waals surface area contributed by atoms with Gasteiger partial charge in [0.05, 0.1) is 10.6 Å². The van der Waals surface area contributed by atoms with Crippen LogP contribution in [0.2, 0.25) is 5.02 Å². The van der Waals surface area contributed by atoms with Crippen molar-refractivity contribution in [3.8, 4) is 11.8 Å². The van der Waals surface area contributed by atoms with Crippen LogP contribution in [0.25, 0.3) is 0 Å². The molecule has 1 aromatic heterocycles. The molecule has 1 aromatic carbocycles. The van der Waals surface area contributed by atoms with Crippen LogP contribution < -0.4 is 4.90 Å². The van der Waals surface area contributed by atoms with Gasteiger partial charge in [0, 0.05) is 19.3 Å². The summed E-state index contributed by atoms with van der Waals surface area (Å²) < 4.78 is 0. The molecule has 0 spiro atoms. The van der Waals surface area contributed by atoms with Crippen molar-refractivity contribution in [3.63, 3.8) is 0 Å². The summed E-state index contributed by atoms with van der Waals surface area (Å²) in [5, 5.41) is 19.0. The highest BCUT2D eigenvalue weighted by Crippen LogP contribution is 2.34. The van der Waals surface area contributed by atoms with E-state index in [2.05, 4.69) is 9.88 Å². The number of aromatic nitrogens is 1. The van der Waals surface area contributed by atoms with Crippen molar-refractivity contribution < 1.29 is 5.11 Å². The van der Waals surface area contributed by atoms with E-state index in [1.54, 1.807) is 24.4 Å². The largest absolute Gasteiger partial charge is 0.508 e. The zero-order chi connectivity index (χ0) is 15.5. The van der Waals surface area contributed by atoms with Crippen molar-refractivity contribution >= 4 is 17.4 Å². The summed E-state index contributed by atoms with van der Waals surface area (Å²) in [4.78, 5) is 6.48. The standard InChI is InChI=1S/C17H16ClN3O/c18-16-7-14(8-19)9-20-17(16)21(10-12-4-5-12)11-13-2-1-3-15(22)6-13/h1-3,6-7,9,12,22H,4-5,10-11H2. The Morgan fingerprint density at radius 1 is 1.36 bits per heavy atom. The minimum Gasteiger partial charge on any atom is -0.508 e. The molecule has 0 saturated heterocycles. The van der Waals surface area contributed by atoms with Crippen molar-refractivity contribution in [2.24, 2.45) is 5.92 Å². The highest BCUT2D eigenvalue weighted by atomic mass is 35.5. The molecule has 1 heterocycles. The molecule has 22 heavy (non-hydrogen) atoms. The summed E-state index contributed by atoms with van der Waals surface area (Å²) in [6, 6.07) is 10.9. The van der Waals surface area contributed by atoms with Crippen LogP contribution in [0, 0.1) is 17.2 Å². The molecule has 0 radical (unpaired) electrons. The number of nitriles is 1. The fraction of sp³-hybridized carbons (Fsp3) is 0.294. The minimum atomic E-state index is 0.253. The molecular weight excluding hydrogens is 298 g/mol. The van der Waals surface area contributed by atoms with Gasteiger partial charge in [-0.25, -0.2) is 4.98 Å². The van der Waals surface area contributed by atoms with E-state index in [4.69, 9.17) is 16.9 Å². The molecule has 0 atom stereocenters. The number of nitrogens with zero attached hydrogens (tertiary/aromatic N) is 3. The number of pyridine rings is 1. The van der Waals surface area contributed by atoms with Crippen LogP contribution in [-0.2, 0) is 6.54 Å². The second kappa shape index (κ2) is 6.25. The van der Waals surface area contributed by atoms with Gasteiger partial charge >= 0.3 is 0 Å². The quantitative estimate of drug-likeness (QED) is 0.913. The first-order valence-corrected chi connectivity index (χ1v) is 7.62. The number of anilines is 1. The molecule has 0 bridgehead atoms. The van der Waals surface area contributed by atoms with Gasteiger partial charge < -0.3 is 10.0 Å². The molecule has 2 aromatic rings. The van der Waals surface area contributed by atoms with Crippen LogP contribution in [0.4, 0.5) is 5.82 Å². The van der Waals surface area contributed by atoms with Gasteiger partial charge in [0.25, 0.3) is 0 Å². The van der Waals surface area contributed by atoms with E-state index in [1.807, 2.05) is 18.2 Å². The minimum absolute atomic E-state index is 0.253. The van der Waals surface area contributed by atoms with Crippen LogP contribution in [0.5, 0.6) is 5.75 Å². The van der Waals surface area contributed by atoms with Gasteiger partial charge in [-0.15, -0.1) is 0 Å². The Bertz CT molecular complexity index is 722. The third-order valence-electron chi connectivity index (χ3n) is 3.71. The molecule has 112 valence electrons. The van der Waals surface area contributed by atoms with Crippen LogP contribution in [0.1, 0.15) is 24.0 Å². The molecule has 1 saturated carbocycles. The van der Waals surface area contributed by atoms with E-state index < -0.39 is 0 Å². The van der Waals surface area contributed by atoms with Gasteiger partial charge in [-0.05, 0) is 42.5 Å². The summed E-state index contributed by atoms with van der Waals surface area (Å²) in [5.74, 6) is 1.62. The molecule has 3 rings (SSSR count). The maximum absolute atomic E-state index is 9.62. The molecule has 0 amide bonds. The zero-order valence-electron chi connectivity index (χ0n) is 12.0. The maximum atomic E-state index is 9.62. The lowest BCUT2D eigenvalue weighted by Crippen LogP contribution is -2.26. The predicted octanol–water partition coefficient (Wildman–Crippen LogP) is 3.73. The van der Waals surface area contributed by atoms with Crippen LogP contribution in [0.3, 0.4) is 0 Å². The normalized spacial score (nSPS) is 13.6. The number of benzene rings is 1. The lowest BCUT2D eigenvalue weighted by molar-refractivity contribution is 0.474. The van der Waals surface area contributed by atoms with Crippen molar-refractivity contribution in [1.29, 1.82) is 5.26 Å². The summed E-state index contributed by atoms with van der Waals surface area (Å²) in [6.45, 7) is 1.51. The Labute approximate surface area is 134 Å². The maximum Gasteiger partial charge on any atom is 0.147 e. The number of phenols is 1. The first-order chi connectivity index (χ1) is 10.7. The number of aromatic hydroxyl groups is 1. The van der Waals surface area contributed by atoms with E-state index in [-0.39, 0.29) is 5.75 Å². The Balaban J connectivity index is 1.87. The van der Waals surface area contributed by atoms with Gasteiger partial charge in [0.15, 0.2) is 0 Å². The fourth-order valence-electron chi connectivity index (χ4n) is 2.44.